The van der Waals surface area contributed by atoms with E-state index in [4.69, 9.17) is 5.84 Å². The number of hydrogen-bond acceptors (Lipinski definition) is 3. The highest BCUT2D eigenvalue weighted by atomic mass is 15.3. The average Bonchev–Trinajstić information content (AvgIpc) is 1.97. The van der Waals surface area contributed by atoms with Crippen molar-refractivity contribution in [1.29, 1.82) is 0 Å². The Kier molecular flexibility index (Phi) is 7.10. The second-order valence-corrected chi connectivity index (χ2v) is 1.56. The maximum atomic E-state index is 4.99. The molecule has 0 rings (SSSR count). The van der Waals surface area contributed by atoms with E-state index < -0.39 is 0 Å². The molecule has 0 bridgehead atoms. The third kappa shape index (κ3) is 6.94. The van der Waals surface area contributed by atoms with Crippen LogP contribution in [0.1, 0.15) is 0 Å². The summed E-state index contributed by atoms with van der Waals surface area (Å²) >= 11 is 0. The molecule has 0 unspecified atom stereocenters. The van der Waals surface area contributed by atoms with Crippen LogP contribution in [-0.4, -0.2) is 6.67 Å². The van der Waals surface area contributed by atoms with E-state index >= 15 is 0 Å². The van der Waals surface area contributed by atoms with E-state index in [1.165, 1.54) is 0 Å². The van der Waals surface area contributed by atoms with Gasteiger partial charge in [0.1, 0.15) is 0 Å². The second kappa shape index (κ2) is 7.94. The molecule has 0 atom stereocenters. The Morgan fingerprint density at radius 2 is 2.10 bits per heavy atom. The summed E-state index contributed by atoms with van der Waals surface area (Å²) in [5, 5.41) is 2.89. The quantitative estimate of drug-likeness (QED) is 0.168. The summed E-state index contributed by atoms with van der Waals surface area (Å²) in [5.41, 5.74) is 2.45. The van der Waals surface area contributed by atoms with E-state index in [1.54, 1.807) is 12.3 Å². The lowest BCUT2D eigenvalue weighted by Gasteiger charge is -1.94. The molecule has 0 aliphatic rings. The zero-order chi connectivity index (χ0) is 7.66. The molecule has 0 saturated carbocycles. The van der Waals surface area contributed by atoms with Gasteiger partial charge >= 0.3 is 0 Å². The van der Waals surface area contributed by atoms with Gasteiger partial charge in [0, 0.05) is 0 Å². The fourth-order valence-corrected chi connectivity index (χ4v) is 0.384. The van der Waals surface area contributed by atoms with Gasteiger partial charge in [-0.05, 0) is 12.3 Å². The highest BCUT2D eigenvalue weighted by molar-refractivity contribution is 5.08. The number of nitrogens with one attached hydrogen (secondary N) is 2. The topological polar surface area (TPSA) is 50.1 Å². The molecular formula is C7H13N3. The Morgan fingerprint density at radius 3 is 2.70 bits per heavy atom. The van der Waals surface area contributed by atoms with Crippen LogP contribution in [0.5, 0.6) is 0 Å². The predicted molar refractivity (Wildman–Crippen MR) is 43.8 cm³/mol. The van der Waals surface area contributed by atoms with Crippen LogP contribution in [0, 0.1) is 0 Å². The summed E-state index contributed by atoms with van der Waals surface area (Å²) in [6.45, 7) is 4.09. The van der Waals surface area contributed by atoms with Crippen LogP contribution < -0.4 is 16.6 Å². The van der Waals surface area contributed by atoms with Crippen molar-refractivity contribution in [1.82, 2.24) is 10.7 Å². The van der Waals surface area contributed by atoms with Gasteiger partial charge in [-0.3, -0.25) is 5.84 Å². The summed E-state index contributed by atoms with van der Waals surface area (Å²) in [6.07, 6.45) is 9.08. The molecule has 0 spiro atoms. The third-order valence-electron chi connectivity index (χ3n) is 0.777. The molecule has 0 aromatic heterocycles. The smallest absolute Gasteiger partial charge is 0.0775 e. The summed E-state index contributed by atoms with van der Waals surface area (Å²) in [7, 11) is 0. The Hall–Kier alpha value is -1.06. The molecule has 0 radical (unpaired) electrons. The summed E-state index contributed by atoms with van der Waals surface area (Å²) in [6, 6.07) is 0. The van der Waals surface area contributed by atoms with Crippen molar-refractivity contribution >= 4 is 0 Å². The minimum absolute atomic E-state index is 0.568. The largest absolute Gasteiger partial charge is 0.377 e. The number of nitrogens with two attached hydrogens (primary N) is 1. The molecule has 4 N–H and O–H groups in total. The summed E-state index contributed by atoms with van der Waals surface area (Å²) in [5.74, 6) is 4.99. The van der Waals surface area contributed by atoms with E-state index in [9.17, 15) is 0 Å². The van der Waals surface area contributed by atoms with Crippen molar-refractivity contribution in [3.63, 3.8) is 0 Å². The van der Waals surface area contributed by atoms with Crippen molar-refractivity contribution in [3.05, 3.63) is 37.1 Å². The average molecular weight is 139 g/mol. The number of hydrazine groups is 1. The molecule has 0 saturated heterocycles. The number of hydrogen-bond donors (Lipinski definition) is 3. The molecule has 0 heterocycles. The summed E-state index contributed by atoms with van der Waals surface area (Å²) in [4.78, 5) is 0. The maximum absolute atomic E-state index is 4.99. The normalized spacial score (nSPS) is 10.9. The van der Waals surface area contributed by atoms with Crippen molar-refractivity contribution in [3.8, 4) is 0 Å². The molecule has 0 aliphatic carbocycles. The van der Waals surface area contributed by atoms with Crippen molar-refractivity contribution in [2.75, 3.05) is 6.67 Å². The lowest BCUT2D eigenvalue weighted by molar-refractivity contribution is 0.684. The van der Waals surface area contributed by atoms with Crippen LogP contribution in [0.3, 0.4) is 0 Å². The predicted octanol–water partition coefficient (Wildman–Crippen LogP) is 0.253. The van der Waals surface area contributed by atoms with Crippen LogP contribution in [0.25, 0.3) is 0 Å². The van der Waals surface area contributed by atoms with Crippen LogP contribution in [-0.2, 0) is 0 Å². The molecule has 3 nitrogen and oxygen atoms in total. The number of rotatable bonds is 5. The standard InChI is InChI=1S/C7H13N3/c1-2-3-4-5-6-9-7-10-8/h2-6,9-10H,1,7-8H2/b4-3-,6-5+. The highest BCUT2D eigenvalue weighted by Crippen LogP contribution is 1.73. The Balaban J connectivity index is 3.19. The molecule has 0 amide bonds. The fraction of sp³-hybridized carbons (Fsp3) is 0.143. The Labute approximate surface area is 61.3 Å². The van der Waals surface area contributed by atoms with Gasteiger partial charge in [-0.25, -0.2) is 5.43 Å². The fourth-order valence-electron chi connectivity index (χ4n) is 0.384. The zero-order valence-electron chi connectivity index (χ0n) is 5.88. The monoisotopic (exact) mass is 139 g/mol. The summed E-state index contributed by atoms with van der Waals surface area (Å²) < 4.78 is 0. The lowest BCUT2D eigenvalue weighted by atomic mass is 10.5. The van der Waals surface area contributed by atoms with Crippen LogP contribution in [0.4, 0.5) is 0 Å². The van der Waals surface area contributed by atoms with Gasteiger partial charge in [-0.15, -0.1) is 0 Å². The van der Waals surface area contributed by atoms with E-state index in [0.29, 0.717) is 6.67 Å². The SMILES string of the molecule is C=C/C=C\C=C\NCNN. The van der Waals surface area contributed by atoms with Gasteiger partial charge in [-0.2, -0.15) is 0 Å². The molecule has 0 aromatic rings. The van der Waals surface area contributed by atoms with Gasteiger partial charge in [0.25, 0.3) is 0 Å². The van der Waals surface area contributed by atoms with Crippen LogP contribution in [0.15, 0.2) is 37.1 Å². The van der Waals surface area contributed by atoms with Gasteiger partial charge in [0.2, 0.25) is 0 Å². The molecule has 10 heavy (non-hydrogen) atoms. The zero-order valence-corrected chi connectivity index (χ0v) is 5.88. The Morgan fingerprint density at radius 1 is 1.30 bits per heavy atom. The van der Waals surface area contributed by atoms with Gasteiger partial charge in [0.15, 0.2) is 0 Å². The molecule has 0 fully saturated rings. The minimum Gasteiger partial charge on any atom is -0.377 e. The first-order valence-electron chi connectivity index (χ1n) is 3.03. The first-order chi connectivity index (χ1) is 4.91. The Bertz CT molecular complexity index is 127. The highest BCUT2D eigenvalue weighted by Gasteiger charge is 1.67. The molecule has 0 aliphatic heterocycles. The van der Waals surface area contributed by atoms with Crippen LogP contribution in [0.2, 0.25) is 0 Å². The first-order valence-corrected chi connectivity index (χ1v) is 3.03. The minimum atomic E-state index is 0.568. The second-order valence-electron chi connectivity index (χ2n) is 1.56. The van der Waals surface area contributed by atoms with Gasteiger partial charge in [0.05, 0.1) is 6.67 Å². The maximum Gasteiger partial charge on any atom is 0.0775 e. The third-order valence-corrected chi connectivity index (χ3v) is 0.777. The van der Waals surface area contributed by atoms with Gasteiger partial charge < -0.3 is 5.32 Å². The van der Waals surface area contributed by atoms with Gasteiger partial charge in [-0.1, -0.05) is 24.8 Å². The van der Waals surface area contributed by atoms with Crippen molar-refractivity contribution in [2.45, 2.75) is 0 Å². The van der Waals surface area contributed by atoms with E-state index in [-0.39, 0.29) is 0 Å². The first kappa shape index (κ1) is 8.94. The molecule has 0 aromatic carbocycles. The van der Waals surface area contributed by atoms with Crippen LogP contribution >= 0.6 is 0 Å². The van der Waals surface area contributed by atoms with Crippen molar-refractivity contribution < 1.29 is 0 Å². The van der Waals surface area contributed by atoms with E-state index in [2.05, 4.69) is 17.3 Å². The molecular weight excluding hydrogens is 126 g/mol. The molecule has 3 heteroatoms. The number of allylic oxidation sites excluding steroid dienone is 4. The van der Waals surface area contributed by atoms with Crippen molar-refractivity contribution in [2.24, 2.45) is 5.84 Å². The van der Waals surface area contributed by atoms with E-state index in [0.717, 1.165) is 0 Å². The van der Waals surface area contributed by atoms with E-state index in [1.807, 2.05) is 18.2 Å². The lowest BCUT2D eigenvalue weighted by Crippen LogP contribution is -2.30. The molecule has 56 valence electrons.